The predicted octanol–water partition coefficient (Wildman–Crippen LogP) is 2.24. The van der Waals surface area contributed by atoms with Gasteiger partial charge in [-0.25, -0.2) is 21.6 Å². The summed E-state index contributed by atoms with van der Waals surface area (Å²) in [6.45, 7) is 3.23. The van der Waals surface area contributed by atoms with Crippen LogP contribution in [0.2, 0.25) is 0 Å². The van der Waals surface area contributed by atoms with Crippen LogP contribution in [0.3, 0.4) is 0 Å². The summed E-state index contributed by atoms with van der Waals surface area (Å²) in [6.07, 6.45) is 7.89. The van der Waals surface area contributed by atoms with Gasteiger partial charge in [0.05, 0.1) is 12.0 Å². The second-order valence-corrected chi connectivity index (χ2v) is 14.3. The topological polar surface area (TPSA) is 105 Å². The zero-order valence-electron chi connectivity index (χ0n) is 20.4. The van der Waals surface area contributed by atoms with Crippen LogP contribution in [0.4, 0.5) is 0 Å². The van der Waals surface area contributed by atoms with E-state index in [4.69, 9.17) is 9.47 Å². The van der Waals surface area contributed by atoms with Gasteiger partial charge in [-0.2, -0.15) is 4.31 Å². The van der Waals surface area contributed by atoms with Crippen molar-refractivity contribution in [2.45, 2.75) is 63.5 Å². The Morgan fingerprint density at radius 2 is 1.80 bits per heavy atom. The normalized spacial score (nSPS) is 26.7. The number of rotatable bonds is 9. The summed E-state index contributed by atoms with van der Waals surface area (Å²) in [5.41, 5.74) is 2.56. The number of hydrogen-bond donors (Lipinski definition) is 1. The summed E-state index contributed by atoms with van der Waals surface area (Å²) in [4.78, 5) is 2.55. The van der Waals surface area contributed by atoms with Gasteiger partial charge in [-0.05, 0) is 67.7 Å². The van der Waals surface area contributed by atoms with Gasteiger partial charge in [-0.1, -0.05) is 12.8 Å². The van der Waals surface area contributed by atoms with E-state index in [-0.39, 0.29) is 24.6 Å². The Labute approximate surface area is 209 Å². The Balaban J connectivity index is 1.22. The molecule has 0 aromatic heterocycles. The van der Waals surface area contributed by atoms with Crippen molar-refractivity contribution in [3.8, 4) is 11.5 Å². The average molecular weight is 528 g/mol. The molecule has 0 bridgehead atoms. The van der Waals surface area contributed by atoms with Gasteiger partial charge in [0, 0.05) is 38.3 Å². The van der Waals surface area contributed by atoms with E-state index >= 15 is 0 Å². The number of sulfonamides is 2. The molecule has 9 nitrogen and oxygen atoms in total. The first-order valence-electron chi connectivity index (χ1n) is 12.8. The van der Waals surface area contributed by atoms with Crippen LogP contribution >= 0.6 is 0 Å². The van der Waals surface area contributed by atoms with Gasteiger partial charge in [0.25, 0.3) is 0 Å². The van der Waals surface area contributed by atoms with E-state index in [2.05, 4.69) is 21.8 Å². The molecule has 0 saturated carbocycles. The number of ether oxygens (including phenoxy) is 2. The van der Waals surface area contributed by atoms with Gasteiger partial charge < -0.3 is 9.47 Å². The number of nitrogens with one attached hydrogen (secondary N) is 1. The number of piperidine rings is 2. The molecule has 4 aliphatic heterocycles. The molecule has 1 aromatic rings. The Morgan fingerprint density at radius 3 is 2.60 bits per heavy atom. The van der Waals surface area contributed by atoms with Crippen molar-refractivity contribution in [1.82, 2.24) is 13.9 Å². The van der Waals surface area contributed by atoms with Crippen LogP contribution in [-0.2, 0) is 26.5 Å². The van der Waals surface area contributed by atoms with Crippen LogP contribution in [0.15, 0.2) is 12.1 Å². The molecule has 0 aliphatic carbocycles. The lowest BCUT2D eigenvalue weighted by Crippen LogP contribution is -2.57. The maximum atomic E-state index is 13.4. The van der Waals surface area contributed by atoms with E-state index in [0.717, 1.165) is 75.8 Å². The lowest BCUT2D eigenvalue weighted by Gasteiger charge is -2.51. The fourth-order valence-corrected chi connectivity index (χ4v) is 8.67. The van der Waals surface area contributed by atoms with Crippen LogP contribution in [-0.4, -0.2) is 77.1 Å². The molecule has 1 N–H and O–H groups in total. The van der Waals surface area contributed by atoms with Gasteiger partial charge in [-0.15, -0.1) is 0 Å². The van der Waals surface area contributed by atoms with E-state index in [0.29, 0.717) is 25.4 Å². The minimum atomic E-state index is -3.34. The van der Waals surface area contributed by atoms with E-state index in [1.54, 1.807) is 0 Å². The maximum Gasteiger partial charge on any atom is 0.231 e. The minimum absolute atomic E-state index is 0.0466. The third-order valence-corrected chi connectivity index (χ3v) is 10.7. The monoisotopic (exact) mass is 527 g/mol. The van der Waals surface area contributed by atoms with E-state index in [1.165, 1.54) is 11.1 Å². The molecule has 5 rings (SSSR count). The fourth-order valence-electron chi connectivity index (χ4n) is 6.28. The van der Waals surface area contributed by atoms with Crippen LogP contribution in [0.1, 0.15) is 62.1 Å². The summed E-state index contributed by atoms with van der Waals surface area (Å²) in [7, 11) is -6.50. The van der Waals surface area contributed by atoms with Crippen molar-refractivity contribution in [3.63, 3.8) is 0 Å². The molecule has 0 spiro atoms. The molecule has 4 aliphatic rings. The molecule has 2 saturated heterocycles. The average Bonchev–Trinajstić information content (AvgIpc) is 3.27. The quantitative estimate of drug-likeness (QED) is 0.491. The number of hydrogen-bond acceptors (Lipinski definition) is 7. The number of nitrogens with zero attached hydrogens (tertiary/aromatic N) is 2. The first kappa shape index (κ1) is 25.3. The molecular formula is C24H37N3O6S2. The third kappa shape index (κ3) is 5.64. The Kier molecular flexibility index (Phi) is 7.33. The van der Waals surface area contributed by atoms with Gasteiger partial charge in [0.15, 0.2) is 11.5 Å². The Hall–Kier alpha value is -1.40. The molecule has 1 aromatic carbocycles. The van der Waals surface area contributed by atoms with Gasteiger partial charge >= 0.3 is 0 Å². The lowest BCUT2D eigenvalue weighted by molar-refractivity contribution is 0.0219. The highest BCUT2D eigenvalue weighted by Gasteiger charge is 2.46. The van der Waals surface area contributed by atoms with E-state index in [1.807, 2.05) is 4.31 Å². The van der Waals surface area contributed by atoms with Gasteiger partial charge in [-0.3, -0.25) is 4.90 Å². The highest BCUT2D eigenvalue weighted by molar-refractivity contribution is 7.89. The maximum absolute atomic E-state index is 13.4. The third-order valence-electron chi connectivity index (χ3n) is 7.95. The van der Waals surface area contributed by atoms with Crippen molar-refractivity contribution in [1.29, 1.82) is 0 Å². The molecule has 0 radical (unpaired) electrons. The molecule has 2 fully saturated rings. The van der Waals surface area contributed by atoms with Crippen LogP contribution in [0.25, 0.3) is 0 Å². The van der Waals surface area contributed by atoms with Crippen molar-refractivity contribution >= 4 is 20.0 Å². The number of unbranched alkanes of at least 4 members (excludes halogenated alkanes) is 3. The molecule has 4 heterocycles. The molecule has 3 atom stereocenters. The Bertz CT molecular complexity index is 1140. The van der Waals surface area contributed by atoms with Gasteiger partial charge in [0.2, 0.25) is 26.8 Å². The molecule has 196 valence electrons. The summed E-state index contributed by atoms with van der Waals surface area (Å²) in [5, 5.41) is 0. The van der Waals surface area contributed by atoms with Crippen LogP contribution in [0, 0.1) is 5.92 Å². The molecular weight excluding hydrogens is 490 g/mol. The molecule has 11 heteroatoms. The zero-order valence-corrected chi connectivity index (χ0v) is 22.1. The summed E-state index contributed by atoms with van der Waals surface area (Å²) < 4.78 is 64.6. The van der Waals surface area contributed by atoms with Crippen molar-refractivity contribution in [3.05, 3.63) is 23.3 Å². The van der Waals surface area contributed by atoms with E-state index in [9.17, 15) is 16.8 Å². The predicted molar refractivity (Wildman–Crippen MR) is 134 cm³/mol. The van der Waals surface area contributed by atoms with Crippen molar-refractivity contribution in [2.75, 3.05) is 45.0 Å². The first-order valence-corrected chi connectivity index (χ1v) is 16.3. The molecule has 35 heavy (non-hydrogen) atoms. The second kappa shape index (κ2) is 10.2. The highest BCUT2D eigenvalue weighted by atomic mass is 32.2. The minimum Gasteiger partial charge on any atom is -0.454 e. The largest absolute Gasteiger partial charge is 0.454 e. The summed E-state index contributed by atoms with van der Waals surface area (Å²) in [6, 6.07) is 4.50. The number of benzene rings is 1. The van der Waals surface area contributed by atoms with Crippen LogP contribution in [0.5, 0.6) is 11.5 Å². The molecule has 0 unspecified atom stereocenters. The second-order valence-electron chi connectivity index (χ2n) is 10.4. The lowest BCUT2D eigenvalue weighted by atomic mass is 9.77. The Morgan fingerprint density at radius 1 is 1.03 bits per heavy atom. The van der Waals surface area contributed by atoms with Crippen molar-refractivity contribution < 1.29 is 26.3 Å². The molecule has 0 amide bonds. The zero-order chi connectivity index (χ0) is 24.6. The van der Waals surface area contributed by atoms with Crippen molar-refractivity contribution in [2.24, 2.45) is 5.92 Å². The smallest absolute Gasteiger partial charge is 0.231 e. The summed E-state index contributed by atoms with van der Waals surface area (Å²) >= 11 is 0. The van der Waals surface area contributed by atoms with E-state index < -0.39 is 20.0 Å². The first-order chi connectivity index (χ1) is 16.7. The fraction of sp³-hybridized carbons (Fsp3) is 0.750. The van der Waals surface area contributed by atoms with Crippen LogP contribution < -0.4 is 14.2 Å². The number of fused-ring (bicyclic) bond motifs is 5. The van der Waals surface area contributed by atoms with Gasteiger partial charge in [0.1, 0.15) is 0 Å². The summed E-state index contributed by atoms with van der Waals surface area (Å²) in [5.74, 6) is 2.17. The standard InChI is InChI=1S/C24H37N3O6S2/c1-34(28,29)25-9-4-2-3-5-12-35(30,31)27-10-6-7-19-16-26-11-8-18-13-23-24(33-17-32-23)14-20(18)22(26)15-21(19)27/h13-14,19,21-22,25H,2-12,15-17H2,1H3/t19-,21+,22+/m1/s1. The highest BCUT2D eigenvalue weighted by Crippen LogP contribution is 2.46. The SMILES string of the molecule is CS(=O)(=O)NCCCCCCS(=O)(=O)N1CCC[C@@H]2CN3CCc4cc5c(cc4[C@@H]3C[C@@H]21)OCO5.